The lowest BCUT2D eigenvalue weighted by atomic mass is 10.3. The van der Waals surface area contributed by atoms with Crippen LogP contribution in [0.25, 0.3) is 0 Å². The van der Waals surface area contributed by atoms with E-state index in [4.69, 9.17) is 4.74 Å². The number of tetrazole rings is 1. The Morgan fingerprint density at radius 2 is 2.18 bits per heavy atom. The average Bonchev–Trinajstić information content (AvgIpc) is 2.78. The van der Waals surface area contributed by atoms with E-state index in [1.807, 2.05) is 0 Å². The Morgan fingerprint density at radius 1 is 1.41 bits per heavy atom. The second-order valence-electron chi connectivity index (χ2n) is 3.60. The summed E-state index contributed by atoms with van der Waals surface area (Å²) in [5, 5.41) is 11.3. The van der Waals surface area contributed by atoms with E-state index in [9.17, 15) is 9.59 Å². The van der Waals surface area contributed by atoms with E-state index in [1.165, 1.54) is 0 Å². The molecule has 0 bridgehead atoms. The molecule has 0 radical (unpaired) electrons. The summed E-state index contributed by atoms with van der Waals surface area (Å²) < 4.78 is 5.16. The molecule has 0 atom stereocenters. The molecule has 17 heavy (non-hydrogen) atoms. The number of carbonyl (C=O) groups excluding carboxylic acids is 2. The van der Waals surface area contributed by atoms with Gasteiger partial charge in [0, 0.05) is 13.1 Å². The molecule has 8 heteroatoms. The number of hydrogen-bond acceptors (Lipinski definition) is 6. The summed E-state index contributed by atoms with van der Waals surface area (Å²) in [4.78, 5) is 24.9. The van der Waals surface area contributed by atoms with Crippen molar-refractivity contribution >= 4 is 12.2 Å². The van der Waals surface area contributed by atoms with Crippen molar-refractivity contribution in [1.29, 1.82) is 0 Å². The summed E-state index contributed by atoms with van der Waals surface area (Å²) in [6, 6.07) is 0. The SMILES string of the molecule is O=CCn1nnc(CC(=O)N2CCOCC2)n1. The number of carbonyl (C=O) groups is 2. The topological polar surface area (TPSA) is 90.2 Å². The number of morpholine rings is 1. The minimum Gasteiger partial charge on any atom is -0.378 e. The first-order chi connectivity index (χ1) is 8.29. The van der Waals surface area contributed by atoms with Gasteiger partial charge in [0.2, 0.25) is 5.91 Å². The Balaban J connectivity index is 1.90. The number of amides is 1. The van der Waals surface area contributed by atoms with Gasteiger partial charge >= 0.3 is 0 Å². The highest BCUT2D eigenvalue weighted by atomic mass is 16.5. The summed E-state index contributed by atoms with van der Waals surface area (Å²) in [5.74, 6) is 0.294. The quantitative estimate of drug-likeness (QED) is 0.580. The fourth-order valence-electron chi connectivity index (χ4n) is 1.55. The zero-order chi connectivity index (χ0) is 12.1. The Bertz CT molecular complexity index is 399. The zero-order valence-electron chi connectivity index (χ0n) is 9.28. The van der Waals surface area contributed by atoms with E-state index in [1.54, 1.807) is 4.90 Å². The van der Waals surface area contributed by atoms with Crippen molar-refractivity contribution in [2.45, 2.75) is 13.0 Å². The number of hydrogen-bond donors (Lipinski definition) is 0. The van der Waals surface area contributed by atoms with Crippen molar-refractivity contribution in [3.63, 3.8) is 0 Å². The summed E-state index contributed by atoms with van der Waals surface area (Å²) in [6.07, 6.45) is 0.786. The molecular weight excluding hydrogens is 226 g/mol. The Hall–Kier alpha value is -1.83. The highest BCUT2D eigenvalue weighted by molar-refractivity contribution is 5.77. The van der Waals surface area contributed by atoms with Gasteiger partial charge in [0.15, 0.2) is 5.82 Å². The summed E-state index contributed by atoms with van der Waals surface area (Å²) in [6.45, 7) is 2.38. The second-order valence-corrected chi connectivity index (χ2v) is 3.60. The number of rotatable bonds is 4. The molecule has 1 fully saturated rings. The lowest BCUT2D eigenvalue weighted by Gasteiger charge is -2.26. The molecule has 92 valence electrons. The molecule has 1 aliphatic heterocycles. The molecule has 2 rings (SSSR count). The Kier molecular flexibility index (Phi) is 3.76. The lowest BCUT2D eigenvalue weighted by Crippen LogP contribution is -2.41. The first kappa shape index (κ1) is 11.6. The van der Waals surface area contributed by atoms with E-state index in [-0.39, 0.29) is 18.9 Å². The third kappa shape index (κ3) is 3.06. The lowest BCUT2D eigenvalue weighted by molar-refractivity contribution is -0.134. The molecule has 0 N–H and O–H groups in total. The van der Waals surface area contributed by atoms with E-state index in [2.05, 4.69) is 15.4 Å². The fourth-order valence-corrected chi connectivity index (χ4v) is 1.55. The number of aldehydes is 1. The molecule has 1 aliphatic rings. The third-order valence-corrected chi connectivity index (χ3v) is 2.41. The van der Waals surface area contributed by atoms with Crippen molar-refractivity contribution in [2.24, 2.45) is 0 Å². The molecule has 1 saturated heterocycles. The zero-order valence-corrected chi connectivity index (χ0v) is 9.28. The van der Waals surface area contributed by atoms with Crippen LogP contribution in [0.5, 0.6) is 0 Å². The second kappa shape index (κ2) is 5.48. The van der Waals surface area contributed by atoms with Gasteiger partial charge in [-0.2, -0.15) is 4.80 Å². The van der Waals surface area contributed by atoms with Crippen LogP contribution in [0, 0.1) is 0 Å². The summed E-state index contributed by atoms with van der Waals surface area (Å²) >= 11 is 0. The van der Waals surface area contributed by atoms with Gasteiger partial charge in [-0.05, 0) is 5.21 Å². The minimum atomic E-state index is -0.0426. The highest BCUT2D eigenvalue weighted by Crippen LogP contribution is 2.00. The van der Waals surface area contributed by atoms with E-state index in [0.717, 1.165) is 4.80 Å². The van der Waals surface area contributed by atoms with Gasteiger partial charge in [0.25, 0.3) is 0 Å². The van der Waals surface area contributed by atoms with Crippen LogP contribution in [0.1, 0.15) is 5.82 Å². The van der Waals surface area contributed by atoms with Crippen molar-refractivity contribution in [3.05, 3.63) is 5.82 Å². The van der Waals surface area contributed by atoms with Gasteiger partial charge in [0.05, 0.1) is 19.6 Å². The average molecular weight is 239 g/mol. The van der Waals surface area contributed by atoms with Crippen LogP contribution < -0.4 is 0 Å². The molecule has 0 saturated carbocycles. The number of nitrogens with zero attached hydrogens (tertiary/aromatic N) is 5. The van der Waals surface area contributed by atoms with Gasteiger partial charge in [-0.15, -0.1) is 10.2 Å². The number of ether oxygens (including phenoxy) is 1. The molecule has 0 aromatic carbocycles. The summed E-state index contributed by atoms with van der Waals surface area (Å²) in [7, 11) is 0. The van der Waals surface area contributed by atoms with Crippen molar-refractivity contribution in [3.8, 4) is 0 Å². The van der Waals surface area contributed by atoms with Gasteiger partial charge in [0.1, 0.15) is 12.8 Å². The van der Waals surface area contributed by atoms with Crippen LogP contribution in [0.2, 0.25) is 0 Å². The van der Waals surface area contributed by atoms with Crippen LogP contribution in [0.15, 0.2) is 0 Å². The smallest absolute Gasteiger partial charge is 0.230 e. The minimum absolute atomic E-state index is 0.0426. The molecule has 8 nitrogen and oxygen atoms in total. The predicted octanol–water partition coefficient (Wildman–Crippen LogP) is -1.73. The first-order valence-corrected chi connectivity index (χ1v) is 5.35. The Morgan fingerprint density at radius 3 is 2.88 bits per heavy atom. The molecule has 2 heterocycles. The maximum atomic E-state index is 11.8. The normalized spacial score (nSPS) is 15.9. The van der Waals surface area contributed by atoms with Crippen molar-refractivity contribution < 1.29 is 14.3 Å². The van der Waals surface area contributed by atoms with Gasteiger partial charge in [-0.25, -0.2) is 0 Å². The highest BCUT2D eigenvalue weighted by Gasteiger charge is 2.18. The van der Waals surface area contributed by atoms with Crippen LogP contribution in [-0.4, -0.2) is 63.6 Å². The Labute approximate surface area is 97.5 Å². The molecule has 1 amide bonds. The maximum absolute atomic E-state index is 11.8. The van der Waals surface area contributed by atoms with E-state index < -0.39 is 0 Å². The largest absolute Gasteiger partial charge is 0.378 e. The van der Waals surface area contributed by atoms with E-state index >= 15 is 0 Å². The maximum Gasteiger partial charge on any atom is 0.230 e. The first-order valence-electron chi connectivity index (χ1n) is 5.35. The molecule has 1 aromatic heterocycles. The fraction of sp³-hybridized carbons (Fsp3) is 0.667. The van der Waals surface area contributed by atoms with Crippen LogP contribution in [0.4, 0.5) is 0 Å². The van der Waals surface area contributed by atoms with Gasteiger partial charge in [-0.1, -0.05) is 0 Å². The van der Waals surface area contributed by atoms with E-state index in [0.29, 0.717) is 38.4 Å². The summed E-state index contributed by atoms with van der Waals surface area (Å²) in [5.41, 5.74) is 0. The molecule has 0 unspecified atom stereocenters. The monoisotopic (exact) mass is 239 g/mol. The van der Waals surface area contributed by atoms with Gasteiger partial charge < -0.3 is 14.4 Å². The van der Waals surface area contributed by atoms with Crippen molar-refractivity contribution in [2.75, 3.05) is 26.3 Å². The van der Waals surface area contributed by atoms with Crippen molar-refractivity contribution in [1.82, 2.24) is 25.1 Å². The van der Waals surface area contributed by atoms with Crippen LogP contribution >= 0.6 is 0 Å². The van der Waals surface area contributed by atoms with Gasteiger partial charge in [-0.3, -0.25) is 4.79 Å². The molecule has 0 spiro atoms. The molecule has 1 aromatic rings. The standard InChI is InChI=1S/C9H13N5O3/c15-4-1-14-11-8(10-12-14)7-9(16)13-2-5-17-6-3-13/h4H,1-3,5-7H2. The van der Waals surface area contributed by atoms with Crippen LogP contribution in [-0.2, 0) is 27.3 Å². The molecule has 0 aliphatic carbocycles. The third-order valence-electron chi connectivity index (χ3n) is 2.41. The van der Waals surface area contributed by atoms with Crippen LogP contribution in [0.3, 0.4) is 0 Å². The number of aromatic nitrogens is 4. The predicted molar refractivity (Wildman–Crippen MR) is 55.0 cm³/mol. The molecular formula is C9H13N5O3.